The zero-order chi connectivity index (χ0) is 30.4. The van der Waals surface area contributed by atoms with E-state index in [0.717, 1.165) is 18.2 Å². The molecule has 2 atom stereocenters. The molecule has 0 saturated heterocycles. The number of benzene rings is 3. The van der Waals surface area contributed by atoms with Gasteiger partial charge in [0.05, 0.1) is 21.0 Å². The van der Waals surface area contributed by atoms with E-state index in [9.17, 15) is 36.3 Å². The van der Waals surface area contributed by atoms with E-state index in [0.29, 0.717) is 11.6 Å². The minimum absolute atomic E-state index is 0.202. The second kappa shape index (κ2) is 12.1. The Morgan fingerprint density at radius 1 is 0.878 bits per heavy atom. The van der Waals surface area contributed by atoms with Crippen molar-refractivity contribution in [2.75, 3.05) is 5.32 Å². The maximum Gasteiger partial charge on any atom is 0.296 e. The van der Waals surface area contributed by atoms with E-state index in [1.54, 1.807) is 6.07 Å². The van der Waals surface area contributed by atoms with Crippen molar-refractivity contribution in [1.29, 1.82) is 0 Å². The van der Waals surface area contributed by atoms with E-state index >= 15 is 0 Å². The molecule has 0 radical (unpaired) electrons. The number of hydrogen-bond donors (Lipinski definition) is 1. The van der Waals surface area contributed by atoms with Crippen LogP contribution in [0.25, 0.3) is 0 Å². The molecule has 0 unspecified atom stereocenters. The first kappa shape index (κ1) is 31.5. The van der Waals surface area contributed by atoms with Gasteiger partial charge in [0.1, 0.15) is 21.8 Å². The van der Waals surface area contributed by atoms with Gasteiger partial charge in [-0.3, -0.25) is 14.4 Å². The molecule has 0 spiro atoms. The summed E-state index contributed by atoms with van der Waals surface area (Å²) >= 11 is 30.6. The standard InChI is InChI=1S/C27H15Cl5F5NO3/c28-15-3-1-10(5-16(15)29)21-22(27(21,31)32)26(41)38-12-7-14(23(30)18(34)8-12)19(39)6-11-2-4-17(33)13(24(11)35)9-20(40)25(36)37/h1-5,7-8,21-22,25H,6,9H2,(H,38,41)/t21-,22+/m0/s1. The smallest absolute Gasteiger partial charge is 0.296 e. The van der Waals surface area contributed by atoms with Crippen molar-refractivity contribution in [3.63, 3.8) is 0 Å². The van der Waals surface area contributed by atoms with Gasteiger partial charge in [-0.15, -0.1) is 23.2 Å². The van der Waals surface area contributed by atoms with E-state index in [-0.39, 0.29) is 15.7 Å². The highest BCUT2D eigenvalue weighted by Crippen LogP contribution is 2.65. The van der Waals surface area contributed by atoms with Crippen molar-refractivity contribution >= 4 is 81.2 Å². The molecule has 1 N–H and O–H groups in total. The Morgan fingerprint density at radius 2 is 1.56 bits per heavy atom. The zero-order valence-electron chi connectivity index (χ0n) is 20.2. The third kappa shape index (κ3) is 6.49. The number of halogens is 10. The average Bonchev–Trinajstić information content (AvgIpc) is 3.48. The van der Waals surface area contributed by atoms with Crippen LogP contribution in [0, 0.1) is 23.4 Å². The fourth-order valence-electron chi connectivity index (χ4n) is 4.32. The number of rotatable bonds is 9. The average molecular weight is 674 g/mol. The fourth-order valence-corrected chi connectivity index (χ4v) is 5.67. The van der Waals surface area contributed by atoms with E-state index in [4.69, 9.17) is 58.0 Å². The predicted octanol–water partition coefficient (Wildman–Crippen LogP) is 8.39. The normalized spacial score (nSPS) is 17.4. The van der Waals surface area contributed by atoms with Crippen LogP contribution in [0.3, 0.4) is 0 Å². The van der Waals surface area contributed by atoms with Gasteiger partial charge in [0.25, 0.3) is 6.43 Å². The van der Waals surface area contributed by atoms with Gasteiger partial charge in [-0.25, -0.2) is 22.0 Å². The second-order valence-electron chi connectivity index (χ2n) is 9.16. The molecule has 4 rings (SSSR count). The molecule has 1 aliphatic rings. The molecular weight excluding hydrogens is 659 g/mol. The molecule has 216 valence electrons. The van der Waals surface area contributed by atoms with Crippen LogP contribution in [0.4, 0.5) is 27.6 Å². The summed E-state index contributed by atoms with van der Waals surface area (Å²) in [6.45, 7) is 0. The number of Topliss-reactive ketones (excluding diaryl/α,β-unsaturated/α-hetero) is 2. The molecule has 0 aromatic heterocycles. The monoisotopic (exact) mass is 671 g/mol. The number of alkyl halides is 4. The summed E-state index contributed by atoms with van der Waals surface area (Å²) in [7, 11) is 0. The van der Waals surface area contributed by atoms with Gasteiger partial charge in [0.15, 0.2) is 5.78 Å². The van der Waals surface area contributed by atoms with Crippen LogP contribution < -0.4 is 5.32 Å². The van der Waals surface area contributed by atoms with Crippen LogP contribution in [0.5, 0.6) is 0 Å². The van der Waals surface area contributed by atoms with Crippen molar-refractivity contribution in [2.45, 2.75) is 29.5 Å². The van der Waals surface area contributed by atoms with E-state index in [1.165, 1.54) is 12.1 Å². The minimum atomic E-state index is -3.45. The number of amides is 1. The zero-order valence-corrected chi connectivity index (χ0v) is 24.0. The summed E-state index contributed by atoms with van der Waals surface area (Å²) < 4.78 is 67.2. The van der Waals surface area contributed by atoms with Gasteiger partial charge < -0.3 is 5.32 Å². The molecule has 1 fully saturated rings. The van der Waals surface area contributed by atoms with E-state index < -0.39 is 92.1 Å². The number of nitrogens with one attached hydrogen (secondary N) is 1. The summed E-state index contributed by atoms with van der Waals surface area (Å²) in [6.07, 6.45) is -5.48. The van der Waals surface area contributed by atoms with Crippen molar-refractivity contribution in [2.24, 2.45) is 5.92 Å². The van der Waals surface area contributed by atoms with Gasteiger partial charge in [-0.2, -0.15) is 0 Å². The Balaban J connectivity index is 1.55. The highest BCUT2D eigenvalue weighted by Gasteiger charge is 2.67. The lowest BCUT2D eigenvalue weighted by Crippen LogP contribution is -2.18. The quantitative estimate of drug-likeness (QED) is 0.141. The van der Waals surface area contributed by atoms with Crippen molar-refractivity contribution in [1.82, 2.24) is 0 Å². The van der Waals surface area contributed by atoms with E-state index in [2.05, 4.69) is 5.32 Å². The molecule has 3 aromatic carbocycles. The first-order valence-corrected chi connectivity index (χ1v) is 13.4. The van der Waals surface area contributed by atoms with E-state index in [1.807, 2.05) is 0 Å². The largest absolute Gasteiger partial charge is 0.326 e. The van der Waals surface area contributed by atoms with Crippen LogP contribution in [-0.4, -0.2) is 28.2 Å². The molecule has 0 aliphatic heterocycles. The Hall–Kier alpha value is -2.43. The lowest BCUT2D eigenvalue weighted by molar-refractivity contribution is -0.128. The molecule has 41 heavy (non-hydrogen) atoms. The first-order valence-electron chi connectivity index (χ1n) is 11.6. The minimum Gasteiger partial charge on any atom is -0.326 e. The molecule has 3 aromatic rings. The summed E-state index contributed by atoms with van der Waals surface area (Å²) in [4.78, 5) is 37.3. The molecule has 1 aliphatic carbocycles. The number of anilines is 1. The molecule has 1 amide bonds. The number of carbonyl (C=O) groups excluding carboxylic acids is 3. The molecule has 1 saturated carbocycles. The van der Waals surface area contributed by atoms with Crippen LogP contribution >= 0.6 is 58.0 Å². The van der Waals surface area contributed by atoms with Crippen LogP contribution in [0.1, 0.15) is 33.0 Å². The third-order valence-electron chi connectivity index (χ3n) is 6.45. The van der Waals surface area contributed by atoms with Crippen LogP contribution in [-0.2, 0) is 22.4 Å². The topological polar surface area (TPSA) is 63.2 Å². The lowest BCUT2D eigenvalue weighted by Gasteiger charge is -2.12. The first-order chi connectivity index (χ1) is 19.1. The Bertz CT molecular complexity index is 1580. The van der Waals surface area contributed by atoms with Gasteiger partial charge in [0, 0.05) is 35.6 Å². The van der Waals surface area contributed by atoms with Gasteiger partial charge in [0.2, 0.25) is 11.7 Å². The fraction of sp³-hybridized carbons (Fsp3) is 0.222. The molecule has 0 bridgehead atoms. The van der Waals surface area contributed by atoms with Gasteiger partial charge >= 0.3 is 0 Å². The summed E-state index contributed by atoms with van der Waals surface area (Å²) in [5.41, 5.74) is -1.53. The maximum atomic E-state index is 14.9. The number of ketones is 2. The van der Waals surface area contributed by atoms with Crippen molar-refractivity contribution in [3.8, 4) is 0 Å². The summed E-state index contributed by atoms with van der Waals surface area (Å²) in [5, 5.41) is 2.27. The molecule has 0 heterocycles. The molecular formula is C27H15Cl5F5NO3. The van der Waals surface area contributed by atoms with Gasteiger partial charge in [-0.1, -0.05) is 46.9 Å². The third-order valence-corrected chi connectivity index (χ3v) is 8.51. The Kier molecular flexibility index (Phi) is 9.26. The van der Waals surface area contributed by atoms with Gasteiger partial charge in [-0.05, 0) is 41.5 Å². The molecule has 4 nitrogen and oxygen atoms in total. The second-order valence-corrected chi connectivity index (χ2v) is 11.8. The highest BCUT2D eigenvalue weighted by molar-refractivity contribution is 6.53. The summed E-state index contributed by atoms with van der Waals surface area (Å²) in [6, 6.07) is 8.07. The highest BCUT2D eigenvalue weighted by atomic mass is 35.5. The number of hydrogen-bond acceptors (Lipinski definition) is 3. The van der Waals surface area contributed by atoms with Crippen LogP contribution in [0.2, 0.25) is 15.1 Å². The number of carbonyl (C=O) groups is 3. The van der Waals surface area contributed by atoms with Crippen LogP contribution in [0.15, 0.2) is 42.5 Å². The Labute approximate surface area is 254 Å². The summed E-state index contributed by atoms with van der Waals surface area (Å²) in [5.74, 6) is -8.80. The van der Waals surface area contributed by atoms with Crippen molar-refractivity contribution in [3.05, 3.63) is 97.2 Å². The van der Waals surface area contributed by atoms with Crippen molar-refractivity contribution < 1.29 is 36.3 Å². The maximum absolute atomic E-state index is 14.9. The predicted molar refractivity (Wildman–Crippen MR) is 146 cm³/mol. The lowest BCUT2D eigenvalue weighted by atomic mass is 9.98. The molecule has 14 heteroatoms. The Morgan fingerprint density at radius 3 is 2.20 bits per heavy atom. The SMILES string of the molecule is O=C(Cc1ccc(F)c(CC(=O)C(F)F)c1F)c1cc(NC(=O)[C@H]2[C@H](c3ccc(Cl)c(Cl)c3)C2(Cl)Cl)cc(F)c1Cl.